The van der Waals surface area contributed by atoms with E-state index in [2.05, 4.69) is 10.0 Å². The second kappa shape index (κ2) is 10.7. The summed E-state index contributed by atoms with van der Waals surface area (Å²) in [5, 5.41) is 11.4. The first kappa shape index (κ1) is 25.3. The standard InChI is InChI=1S/C25H23N3O6S/c1-16-4-9-21(10-5-16)28-35(31,32)23-14-19(8-13-22(23)33-3)25(30)34-17(2)24(29)27-20-11-6-18(15-26)7-12-20/h4-14,17,28H,1-3H3,(H,27,29). The predicted octanol–water partition coefficient (Wildman–Crippen LogP) is 3.86. The molecule has 0 bridgehead atoms. The number of esters is 1. The van der Waals surface area contributed by atoms with E-state index in [1.807, 2.05) is 13.0 Å². The van der Waals surface area contributed by atoms with E-state index < -0.39 is 28.0 Å². The average Bonchev–Trinajstić information content (AvgIpc) is 2.85. The van der Waals surface area contributed by atoms with Gasteiger partial charge < -0.3 is 14.8 Å². The molecular weight excluding hydrogens is 470 g/mol. The summed E-state index contributed by atoms with van der Waals surface area (Å²) in [6.07, 6.45) is -1.18. The fourth-order valence-electron chi connectivity index (χ4n) is 3.00. The van der Waals surface area contributed by atoms with Crippen LogP contribution in [0.3, 0.4) is 0 Å². The van der Waals surface area contributed by atoms with Gasteiger partial charge in [-0.25, -0.2) is 13.2 Å². The summed E-state index contributed by atoms with van der Waals surface area (Å²) in [6.45, 7) is 3.26. The molecule has 9 nitrogen and oxygen atoms in total. The summed E-state index contributed by atoms with van der Waals surface area (Å²) in [5.41, 5.74) is 2.10. The largest absolute Gasteiger partial charge is 0.495 e. The fourth-order valence-corrected chi connectivity index (χ4v) is 4.25. The van der Waals surface area contributed by atoms with Crippen LogP contribution in [0.25, 0.3) is 0 Å². The highest BCUT2D eigenvalue weighted by Gasteiger charge is 2.24. The lowest BCUT2D eigenvalue weighted by Crippen LogP contribution is -2.30. The molecule has 180 valence electrons. The molecule has 0 saturated carbocycles. The molecule has 0 spiro atoms. The predicted molar refractivity (Wildman–Crippen MR) is 130 cm³/mol. The van der Waals surface area contributed by atoms with E-state index >= 15 is 0 Å². The van der Waals surface area contributed by atoms with Crippen molar-refractivity contribution >= 4 is 33.3 Å². The van der Waals surface area contributed by atoms with Crippen molar-refractivity contribution in [3.8, 4) is 11.8 Å². The molecule has 0 saturated heterocycles. The van der Waals surface area contributed by atoms with Crippen molar-refractivity contribution in [1.29, 1.82) is 5.26 Å². The highest BCUT2D eigenvalue weighted by molar-refractivity contribution is 7.92. The molecule has 0 fully saturated rings. The van der Waals surface area contributed by atoms with Crippen LogP contribution >= 0.6 is 0 Å². The number of nitriles is 1. The van der Waals surface area contributed by atoms with Gasteiger partial charge in [-0.3, -0.25) is 9.52 Å². The van der Waals surface area contributed by atoms with E-state index in [9.17, 15) is 18.0 Å². The summed E-state index contributed by atoms with van der Waals surface area (Å²) >= 11 is 0. The summed E-state index contributed by atoms with van der Waals surface area (Å²) in [7, 11) is -2.79. The minimum atomic E-state index is -4.10. The summed E-state index contributed by atoms with van der Waals surface area (Å²) in [6, 6.07) is 18.7. The Morgan fingerprint density at radius 1 is 0.971 bits per heavy atom. The zero-order valence-electron chi connectivity index (χ0n) is 19.2. The number of sulfonamides is 1. The Kier molecular flexibility index (Phi) is 7.73. The van der Waals surface area contributed by atoms with Crippen molar-refractivity contribution in [3.05, 3.63) is 83.4 Å². The molecule has 0 aliphatic rings. The Bertz CT molecular complexity index is 1380. The zero-order chi connectivity index (χ0) is 25.6. The minimum absolute atomic E-state index is 0.0350. The highest BCUT2D eigenvalue weighted by Crippen LogP contribution is 2.27. The molecule has 1 unspecified atom stereocenters. The number of methoxy groups -OCH3 is 1. The van der Waals surface area contributed by atoms with E-state index in [0.717, 1.165) is 11.6 Å². The van der Waals surface area contributed by atoms with Crippen molar-refractivity contribution in [2.45, 2.75) is 24.8 Å². The molecule has 3 rings (SSSR count). The Morgan fingerprint density at radius 2 is 1.60 bits per heavy atom. The number of benzene rings is 3. The van der Waals surface area contributed by atoms with Crippen LogP contribution in [-0.4, -0.2) is 33.5 Å². The van der Waals surface area contributed by atoms with Gasteiger partial charge in [0.1, 0.15) is 10.6 Å². The van der Waals surface area contributed by atoms with Crippen LogP contribution in [0, 0.1) is 18.3 Å². The molecule has 0 heterocycles. The van der Waals surface area contributed by atoms with Crippen molar-refractivity contribution in [2.24, 2.45) is 0 Å². The molecule has 0 radical (unpaired) electrons. The molecule has 1 atom stereocenters. The monoisotopic (exact) mass is 493 g/mol. The SMILES string of the molecule is COc1ccc(C(=O)OC(C)C(=O)Nc2ccc(C#N)cc2)cc1S(=O)(=O)Nc1ccc(C)cc1. The van der Waals surface area contributed by atoms with E-state index in [0.29, 0.717) is 16.9 Å². The lowest BCUT2D eigenvalue weighted by atomic mass is 10.2. The van der Waals surface area contributed by atoms with Gasteiger partial charge in [0.2, 0.25) is 0 Å². The fraction of sp³-hybridized carbons (Fsp3) is 0.160. The van der Waals surface area contributed by atoms with Gasteiger partial charge in [-0.15, -0.1) is 0 Å². The Balaban J connectivity index is 1.75. The summed E-state index contributed by atoms with van der Waals surface area (Å²) < 4.78 is 38.8. The number of nitrogens with zero attached hydrogens (tertiary/aromatic N) is 1. The highest BCUT2D eigenvalue weighted by atomic mass is 32.2. The van der Waals surface area contributed by atoms with Crippen LogP contribution in [0.2, 0.25) is 0 Å². The Hall–Kier alpha value is -4.36. The average molecular weight is 494 g/mol. The molecule has 1 amide bonds. The topological polar surface area (TPSA) is 135 Å². The Labute approximate surface area is 203 Å². The lowest BCUT2D eigenvalue weighted by molar-refractivity contribution is -0.123. The van der Waals surface area contributed by atoms with Crippen LogP contribution in [0.15, 0.2) is 71.6 Å². The molecule has 0 aromatic heterocycles. The number of hydrogen-bond acceptors (Lipinski definition) is 7. The third kappa shape index (κ3) is 6.37. The zero-order valence-corrected chi connectivity index (χ0v) is 20.0. The van der Waals surface area contributed by atoms with Crippen LogP contribution < -0.4 is 14.8 Å². The van der Waals surface area contributed by atoms with E-state index in [1.54, 1.807) is 36.4 Å². The van der Waals surface area contributed by atoms with Crippen LogP contribution in [0.1, 0.15) is 28.4 Å². The number of amides is 1. The number of carbonyl (C=O) groups is 2. The van der Waals surface area contributed by atoms with Crippen molar-refractivity contribution in [2.75, 3.05) is 17.1 Å². The second-order valence-electron chi connectivity index (χ2n) is 7.56. The molecule has 0 aliphatic carbocycles. The smallest absolute Gasteiger partial charge is 0.338 e. The molecule has 3 aromatic rings. The maximum atomic E-state index is 13.0. The van der Waals surface area contributed by atoms with Crippen LogP contribution in [0.5, 0.6) is 5.75 Å². The first-order chi connectivity index (χ1) is 16.6. The third-order valence-electron chi connectivity index (χ3n) is 4.93. The third-order valence-corrected chi connectivity index (χ3v) is 6.33. The van der Waals surface area contributed by atoms with Gasteiger partial charge in [-0.05, 0) is 68.4 Å². The molecule has 2 N–H and O–H groups in total. The van der Waals surface area contributed by atoms with Crippen LogP contribution in [0.4, 0.5) is 11.4 Å². The van der Waals surface area contributed by atoms with Crippen molar-refractivity contribution in [3.63, 3.8) is 0 Å². The number of ether oxygens (including phenoxy) is 2. The van der Waals surface area contributed by atoms with Gasteiger partial charge in [0.25, 0.3) is 15.9 Å². The number of nitrogens with one attached hydrogen (secondary N) is 2. The summed E-state index contributed by atoms with van der Waals surface area (Å²) in [4.78, 5) is 24.8. The van der Waals surface area contributed by atoms with E-state index in [-0.39, 0.29) is 16.2 Å². The number of rotatable bonds is 8. The van der Waals surface area contributed by atoms with Gasteiger partial charge in [-0.1, -0.05) is 17.7 Å². The maximum absolute atomic E-state index is 13.0. The lowest BCUT2D eigenvalue weighted by Gasteiger charge is -2.15. The normalized spacial score (nSPS) is 11.6. The quantitative estimate of drug-likeness (QED) is 0.455. The van der Waals surface area contributed by atoms with Gasteiger partial charge in [0, 0.05) is 11.4 Å². The van der Waals surface area contributed by atoms with Gasteiger partial charge in [-0.2, -0.15) is 5.26 Å². The molecule has 3 aromatic carbocycles. The van der Waals surface area contributed by atoms with Crippen molar-refractivity contribution < 1.29 is 27.5 Å². The first-order valence-electron chi connectivity index (χ1n) is 10.4. The number of aryl methyl sites for hydroxylation is 1. The molecule has 10 heteroatoms. The van der Waals surface area contributed by atoms with E-state index in [4.69, 9.17) is 14.7 Å². The number of carbonyl (C=O) groups excluding carboxylic acids is 2. The van der Waals surface area contributed by atoms with Crippen molar-refractivity contribution in [1.82, 2.24) is 0 Å². The number of hydrogen-bond donors (Lipinski definition) is 2. The van der Waals surface area contributed by atoms with Crippen LogP contribution in [-0.2, 0) is 19.6 Å². The summed E-state index contributed by atoms with van der Waals surface area (Å²) in [5.74, 6) is -1.44. The first-order valence-corrected chi connectivity index (χ1v) is 11.9. The van der Waals surface area contributed by atoms with E-state index in [1.165, 1.54) is 38.3 Å². The Morgan fingerprint density at radius 3 is 2.20 bits per heavy atom. The molecular formula is C25H23N3O6S. The molecule has 0 aliphatic heterocycles. The number of anilines is 2. The van der Waals surface area contributed by atoms with Gasteiger partial charge >= 0.3 is 5.97 Å². The molecule has 35 heavy (non-hydrogen) atoms. The maximum Gasteiger partial charge on any atom is 0.338 e. The minimum Gasteiger partial charge on any atom is -0.495 e. The van der Waals surface area contributed by atoms with Gasteiger partial charge in [0.15, 0.2) is 6.10 Å². The van der Waals surface area contributed by atoms with Gasteiger partial charge in [0.05, 0.1) is 24.3 Å². The second-order valence-corrected chi connectivity index (χ2v) is 9.21.